The van der Waals surface area contributed by atoms with Gasteiger partial charge in [-0.1, -0.05) is 53.5 Å². The third-order valence-corrected chi connectivity index (χ3v) is 3.03. The largest absolute Gasteiger partial charge is 0.287 e. The predicted octanol–water partition coefficient (Wildman–Crippen LogP) is 2.45. The van der Waals surface area contributed by atoms with Crippen molar-refractivity contribution in [2.75, 3.05) is 5.43 Å². The lowest BCUT2D eigenvalue weighted by Gasteiger charge is -2.04. The maximum absolute atomic E-state index is 11.6. The van der Waals surface area contributed by atoms with E-state index in [9.17, 15) is 4.79 Å². The van der Waals surface area contributed by atoms with Crippen LogP contribution in [0.2, 0.25) is 5.02 Å². The Bertz CT molecular complexity index is 667. The highest BCUT2D eigenvalue weighted by Gasteiger charge is 2.07. The summed E-state index contributed by atoms with van der Waals surface area (Å²) in [4.78, 5) is 11.6. The zero-order chi connectivity index (χ0) is 13.8. The molecule has 0 aliphatic carbocycles. The molecule has 0 aliphatic rings. The Balaban J connectivity index is 2.24. The van der Waals surface area contributed by atoms with Gasteiger partial charge >= 0.3 is 0 Å². The second-order valence-electron chi connectivity index (χ2n) is 3.68. The average molecular weight is 297 g/mol. The summed E-state index contributed by atoms with van der Waals surface area (Å²) in [5, 5.41) is 8.06. The standard InChI is InChI=1S/C12H10Cl2N4O/c1-18-12(19)10(13)9(7-15-18)16-17-11(14)8-5-3-2-4-6-8/h2-7,16H,1H3. The second kappa shape index (κ2) is 5.86. The van der Waals surface area contributed by atoms with Crippen molar-refractivity contribution in [3.8, 4) is 0 Å². The van der Waals surface area contributed by atoms with Gasteiger partial charge in [0.15, 0.2) is 5.17 Å². The van der Waals surface area contributed by atoms with Gasteiger partial charge in [0.1, 0.15) is 10.7 Å². The molecule has 0 saturated carbocycles. The molecule has 0 amide bonds. The Morgan fingerprint density at radius 1 is 1.37 bits per heavy atom. The van der Waals surface area contributed by atoms with E-state index in [0.717, 1.165) is 10.2 Å². The topological polar surface area (TPSA) is 59.3 Å². The van der Waals surface area contributed by atoms with Crippen LogP contribution >= 0.6 is 23.2 Å². The SMILES string of the molecule is Cn1ncc(NN=C(Cl)c2ccccc2)c(Cl)c1=O. The van der Waals surface area contributed by atoms with Crippen molar-refractivity contribution in [1.29, 1.82) is 0 Å². The van der Waals surface area contributed by atoms with Gasteiger partial charge in [-0.2, -0.15) is 10.2 Å². The van der Waals surface area contributed by atoms with Crippen molar-refractivity contribution >= 4 is 34.1 Å². The summed E-state index contributed by atoms with van der Waals surface area (Å²) >= 11 is 11.9. The van der Waals surface area contributed by atoms with Crippen LogP contribution in [-0.4, -0.2) is 15.0 Å². The van der Waals surface area contributed by atoms with Crippen LogP contribution in [0, 0.1) is 0 Å². The quantitative estimate of drug-likeness (QED) is 0.699. The Labute approximate surface area is 119 Å². The maximum atomic E-state index is 11.6. The summed E-state index contributed by atoms with van der Waals surface area (Å²) < 4.78 is 1.13. The zero-order valence-corrected chi connectivity index (χ0v) is 11.5. The van der Waals surface area contributed by atoms with Crippen molar-refractivity contribution in [3.63, 3.8) is 0 Å². The van der Waals surface area contributed by atoms with E-state index in [1.807, 2.05) is 30.3 Å². The van der Waals surface area contributed by atoms with Crippen LogP contribution < -0.4 is 11.0 Å². The lowest BCUT2D eigenvalue weighted by atomic mass is 10.2. The van der Waals surface area contributed by atoms with Crippen molar-refractivity contribution < 1.29 is 0 Å². The van der Waals surface area contributed by atoms with Crippen molar-refractivity contribution in [2.45, 2.75) is 0 Å². The first-order chi connectivity index (χ1) is 9.09. The highest BCUT2D eigenvalue weighted by atomic mass is 35.5. The van der Waals surface area contributed by atoms with E-state index in [-0.39, 0.29) is 10.2 Å². The van der Waals surface area contributed by atoms with Gasteiger partial charge in [-0.05, 0) is 0 Å². The summed E-state index contributed by atoms with van der Waals surface area (Å²) in [5.74, 6) is 0. The molecule has 1 heterocycles. The first-order valence-electron chi connectivity index (χ1n) is 5.36. The van der Waals surface area contributed by atoms with Crippen LogP contribution in [-0.2, 0) is 7.05 Å². The van der Waals surface area contributed by atoms with Gasteiger partial charge in [0.25, 0.3) is 5.56 Å². The van der Waals surface area contributed by atoms with Crippen molar-refractivity contribution in [3.05, 3.63) is 57.5 Å². The van der Waals surface area contributed by atoms with E-state index in [1.54, 1.807) is 0 Å². The van der Waals surface area contributed by atoms with Crippen LogP contribution in [0.25, 0.3) is 0 Å². The molecule has 0 spiro atoms. The zero-order valence-electron chi connectivity index (χ0n) is 9.97. The summed E-state index contributed by atoms with van der Waals surface area (Å²) in [6.07, 6.45) is 1.41. The monoisotopic (exact) mass is 296 g/mol. The van der Waals surface area contributed by atoms with Gasteiger partial charge in [-0.25, -0.2) is 4.68 Å². The Morgan fingerprint density at radius 2 is 2.05 bits per heavy atom. The van der Waals surface area contributed by atoms with Gasteiger partial charge < -0.3 is 0 Å². The van der Waals surface area contributed by atoms with E-state index in [2.05, 4.69) is 15.6 Å². The molecule has 2 rings (SSSR count). The number of nitrogens with zero attached hydrogens (tertiary/aromatic N) is 3. The van der Waals surface area contributed by atoms with Crippen LogP contribution in [0.4, 0.5) is 5.69 Å². The minimum atomic E-state index is -0.405. The van der Waals surface area contributed by atoms with Gasteiger partial charge in [0, 0.05) is 12.6 Å². The highest BCUT2D eigenvalue weighted by Crippen LogP contribution is 2.15. The molecule has 0 radical (unpaired) electrons. The number of aryl methyl sites for hydroxylation is 1. The number of anilines is 1. The molecule has 0 atom stereocenters. The second-order valence-corrected chi connectivity index (χ2v) is 4.42. The number of benzene rings is 1. The minimum absolute atomic E-state index is 0.0128. The molecule has 0 fully saturated rings. The predicted molar refractivity (Wildman–Crippen MR) is 76.9 cm³/mol. The molecule has 1 N–H and O–H groups in total. The molecule has 1 aromatic heterocycles. The lowest BCUT2D eigenvalue weighted by molar-refractivity contribution is 0.708. The van der Waals surface area contributed by atoms with Crippen molar-refractivity contribution in [1.82, 2.24) is 9.78 Å². The minimum Gasteiger partial charge on any atom is -0.274 e. The smallest absolute Gasteiger partial charge is 0.274 e. The summed E-state index contributed by atoms with van der Waals surface area (Å²) in [6, 6.07) is 9.21. The number of hydrogen-bond acceptors (Lipinski definition) is 4. The maximum Gasteiger partial charge on any atom is 0.287 e. The lowest BCUT2D eigenvalue weighted by Crippen LogP contribution is -2.20. The first-order valence-corrected chi connectivity index (χ1v) is 6.11. The van der Waals surface area contributed by atoms with Gasteiger partial charge in [-0.15, -0.1) is 0 Å². The van der Waals surface area contributed by atoms with E-state index >= 15 is 0 Å². The highest BCUT2D eigenvalue weighted by molar-refractivity contribution is 6.69. The summed E-state index contributed by atoms with van der Waals surface area (Å²) in [5.41, 5.74) is 3.28. The number of hydrogen-bond donors (Lipinski definition) is 1. The van der Waals surface area contributed by atoms with Crippen LogP contribution in [0.3, 0.4) is 0 Å². The average Bonchev–Trinajstić information content (AvgIpc) is 2.45. The molecule has 0 bridgehead atoms. The normalized spacial score (nSPS) is 11.4. The fourth-order valence-corrected chi connectivity index (χ4v) is 1.72. The van der Waals surface area contributed by atoms with E-state index < -0.39 is 5.56 Å². The fraction of sp³-hybridized carbons (Fsp3) is 0.0833. The summed E-state index contributed by atoms with van der Waals surface area (Å²) in [6.45, 7) is 0. The Morgan fingerprint density at radius 3 is 2.74 bits per heavy atom. The van der Waals surface area contributed by atoms with Crippen LogP contribution in [0.1, 0.15) is 5.56 Å². The first kappa shape index (κ1) is 13.6. The van der Waals surface area contributed by atoms with Gasteiger partial charge in [0.05, 0.1) is 6.20 Å². The third kappa shape index (κ3) is 3.13. The molecule has 0 aliphatic heterocycles. The van der Waals surface area contributed by atoms with Crippen LogP contribution in [0.5, 0.6) is 0 Å². The van der Waals surface area contributed by atoms with Gasteiger partial charge in [0.2, 0.25) is 0 Å². The molecule has 0 unspecified atom stereocenters. The molecular formula is C12H10Cl2N4O. The Hall–Kier alpha value is -1.85. The van der Waals surface area contributed by atoms with Crippen LogP contribution in [0.15, 0.2) is 46.4 Å². The summed E-state index contributed by atoms with van der Waals surface area (Å²) in [7, 11) is 1.51. The molecule has 7 heteroatoms. The molecule has 19 heavy (non-hydrogen) atoms. The van der Waals surface area contributed by atoms with Crippen molar-refractivity contribution in [2.24, 2.45) is 12.1 Å². The number of halogens is 2. The Kier molecular flexibility index (Phi) is 4.19. The fourth-order valence-electron chi connectivity index (χ4n) is 1.34. The number of hydrazone groups is 1. The molecule has 0 saturated heterocycles. The van der Waals surface area contributed by atoms with E-state index in [1.165, 1.54) is 13.2 Å². The molecular weight excluding hydrogens is 287 g/mol. The van der Waals surface area contributed by atoms with E-state index in [4.69, 9.17) is 23.2 Å². The van der Waals surface area contributed by atoms with Gasteiger partial charge in [-0.3, -0.25) is 10.2 Å². The molecule has 98 valence electrons. The molecule has 2 aromatic rings. The molecule has 1 aromatic carbocycles. The molecule has 5 nitrogen and oxygen atoms in total. The van der Waals surface area contributed by atoms with E-state index in [0.29, 0.717) is 5.69 Å². The number of nitrogens with one attached hydrogen (secondary N) is 1. The number of rotatable bonds is 3. The third-order valence-electron chi connectivity index (χ3n) is 2.36. The number of aromatic nitrogens is 2.